The minimum Gasteiger partial charge on any atom is -0.278 e. The van der Waals surface area contributed by atoms with Crippen molar-refractivity contribution in [1.82, 2.24) is 24.5 Å². The molecule has 6 heteroatoms. The molecule has 0 atom stereocenters. The van der Waals surface area contributed by atoms with Crippen LogP contribution in [0.5, 0.6) is 0 Å². The highest BCUT2D eigenvalue weighted by Crippen LogP contribution is 2.11. The van der Waals surface area contributed by atoms with Gasteiger partial charge in [0.15, 0.2) is 5.82 Å². The molecule has 0 aliphatic carbocycles. The van der Waals surface area contributed by atoms with E-state index in [1.165, 1.54) is 0 Å². The first-order valence-corrected chi connectivity index (χ1v) is 4.21. The molecule has 0 saturated carbocycles. The Morgan fingerprint density at radius 2 is 2.23 bits per heavy atom. The van der Waals surface area contributed by atoms with Gasteiger partial charge in [-0.2, -0.15) is 10.1 Å². The van der Waals surface area contributed by atoms with Crippen LogP contribution in [0.3, 0.4) is 0 Å². The molecule has 0 spiro atoms. The van der Waals surface area contributed by atoms with E-state index in [2.05, 4.69) is 15.2 Å². The molecule has 1 N–H and O–H groups in total. The molecule has 0 unspecified atom stereocenters. The van der Waals surface area contributed by atoms with E-state index in [4.69, 9.17) is 12.2 Å². The number of rotatable bonds is 1. The number of H-pyrrole nitrogens is 1. The number of hydrogen-bond donors (Lipinski definition) is 1. The van der Waals surface area contributed by atoms with E-state index in [9.17, 15) is 0 Å². The number of nitrogens with zero attached hydrogens (tertiary/aromatic N) is 4. The molecule has 0 radical (unpaired) electrons. The Morgan fingerprint density at radius 3 is 2.69 bits per heavy atom. The summed E-state index contributed by atoms with van der Waals surface area (Å²) in [5.41, 5.74) is 0.923. The van der Waals surface area contributed by atoms with Gasteiger partial charge in [-0.25, -0.2) is 0 Å². The van der Waals surface area contributed by atoms with Crippen LogP contribution in [0.2, 0.25) is 0 Å². The third-order valence-electron chi connectivity index (χ3n) is 1.83. The van der Waals surface area contributed by atoms with Crippen LogP contribution in [0.25, 0.3) is 11.5 Å². The third kappa shape index (κ3) is 1.29. The summed E-state index contributed by atoms with van der Waals surface area (Å²) in [6.07, 6.45) is 1.72. The van der Waals surface area contributed by atoms with Crippen LogP contribution < -0.4 is 0 Å². The van der Waals surface area contributed by atoms with Gasteiger partial charge in [0.05, 0.1) is 0 Å². The number of aryl methyl sites for hydroxylation is 2. The third-order valence-corrected chi connectivity index (χ3v) is 2.20. The molecule has 0 aromatic carbocycles. The molecular formula is C7H9N5S. The second-order valence-corrected chi connectivity index (χ2v) is 3.12. The van der Waals surface area contributed by atoms with Gasteiger partial charge in [0, 0.05) is 20.3 Å². The predicted octanol–water partition coefficient (Wildman–Crippen LogP) is 0.878. The van der Waals surface area contributed by atoms with Gasteiger partial charge in [0.1, 0.15) is 5.69 Å². The van der Waals surface area contributed by atoms with E-state index >= 15 is 0 Å². The summed E-state index contributed by atoms with van der Waals surface area (Å²) in [5, 5.41) is 7.07. The highest BCUT2D eigenvalue weighted by atomic mass is 32.1. The van der Waals surface area contributed by atoms with Crippen LogP contribution >= 0.6 is 12.2 Å². The normalized spacial score (nSPS) is 10.6. The standard InChI is InChI=1S/C7H9N5S/c1-11-5(3-4-8-11)6-9-7(13)12(2)10-6/h3-4H,1-2H3,(H,9,10,13). The lowest BCUT2D eigenvalue weighted by Crippen LogP contribution is -1.95. The first-order chi connectivity index (χ1) is 6.18. The second kappa shape index (κ2) is 2.81. The molecule has 0 aliphatic heterocycles. The van der Waals surface area contributed by atoms with Crippen molar-refractivity contribution in [1.29, 1.82) is 0 Å². The second-order valence-electron chi connectivity index (χ2n) is 2.75. The minimum absolute atomic E-state index is 0.538. The average molecular weight is 195 g/mol. The lowest BCUT2D eigenvalue weighted by atomic mass is 10.4. The van der Waals surface area contributed by atoms with E-state index < -0.39 is 0 Å². The largest absolute Gasteiger partial charge is 0.278 e. The average Bonchev–Trinajstić information content (AvgIpc) is 2.60. The number of hydrogen-bond acceptors (Lipinski definition) is 3. The van der Waals surface area contributed by atoms with Gasteiger partial charge in [-0.3, -0.25) is 14.5 Å². The molecule has 2 aromatic rings. The topological polar surface area (TPSA) is 51.4 Å². The number of aromatic amines is 1. The van der Waals surface area contributed by atoms with Crippen molar-refractivity contribution < 1.29 is 0 Å². The maximum absolute atomic E-state index is 4.98. The van der Waals surface area contributed by atoms with Crippen molar-refractivity contribution in [2.75, 3.05) is 0 Å². The number of nitrogens with one attached hydrogen (secondary N) is 1. The summed E-state index contributed by atoms with van der Waals surface area (Å²) >= 11 is 4.98. The lowest BCUT2D eigenvalue weighted by Gasteiger charge is -1.95. The Bertz CT molecular complexity index is 477. The van der Waals surface area contributed by atoms with Crippen molar-refractivity contribution in [3.05, 3.63) is 17.0 Å². The molecular weight excluding hydrogens is 186 g/mol. The molecule has 2 aromatic heterocycles. The van der Waals surface area contributed by atoms with Crippen molar-refractivity contribution >= 4 is 12.2 Å². The van der Waals surface area contributed by atoms with Crippen LogP contribution in [0, 0.1) is 4.77 Å². The zero-order valence-corrected chi connectivity index (χ0v) is 8.17. The lowest BCUT2D eigenvalue weighted by molar-refractivity contribution is 0.743. The minimum atomic E-state index is 0.538. The first-order valence-electron chi connectivity index (χ1n) is 3.80. The zero-order chi connectivity index (χ0) is 9.42. The summed E-state index contributed by atoms with van der Waals surface area (Å²) < 4.78 is 3.97. The Kier molecular flexibility index (Phi) is 1.77. The summed E-state index contributed by atoms with van der Waals surface area (Å²) in [4.78, 5) is 4.17. The van der Waals surface area contributed by atoms with Gasteiger partial charge in [-0.1, -0.05) is 0 Å². The van der Waals surface area contributed by atoms with Gasteiger partial charge >= 0.3 is 0 Å². The molecule has 13 heavy (non-hydrogen) atoms. The SMILES string of the molecule is Cn1nccc1-c1nc(=S)n(C)[nH]1. The van der Waals surface area contributed by atoms with E-state index in [0.29, 0.717) is 4.77 Å². The van der Waals surface area contributed by atoms with E-state index in [1.54, 1.807) is 15.6 Å². The van der Waals surface area contributed by atoms with Crippen LogP contribution in [0.1, 0.15) is 0 Å². The van der Waals surface area contributed by atoms with Crippen LogP contribution in [-0.4, -0.2) is 24.5 Å². The fourth-order valence-electron chi connectivity index (χ4n) is 1.12. The van der Waals surface area contributed by atoms with E-state index in [1.807, 2.05) is 20.2 Å². The maximum Gasteiger partial charge on any atom is 0.216 e. The van der Waals surface area contributed by atoms with Gasteiger partial charge in [-0.15, -0.1) is 0 Å². The Morgan fingerprint density at radius 1 is 1.46 bits per heavy atom. The summed E-state index contributed by atoms with van der Waals surface area (Å²) in [6, 6.07) is 1.88. The summed E-state index contributed by atoms with van der Waals surface area (Å²) in [5.74, 6) is 0.743. The molecule has 0 aliphatic rings. The molecule has 5 nitrogen and oxygen atoms in total. The molecule has 0 amide bonds. The van der Waals surface area contributed by atoms with Crippen molar-refractivity contribution in [2.24, 2.45) is 14.1 Å². The summed E-state index contributed by atoms with van der Waals surface area (Å²) in [7, 11) is 3.69. The fraction of sp³-hybridized carbons (Fsp3) is 0.286. The van der Waals surface area contributed by atoms with E-state index in [0.717, 1.165) is 11.5 Å². The van der Waals surface area contributed by atoms with E-state index in [-0.39, 0.29) is 0 Å². The Labute approximate surface area is 80.0 Å². The van der Waals surface area contributed by atoms with Crippen LogP contribution in [0.15, 0.2) is 12.3 Å². The smallest absolute Gasteiger partial charge is 0.216 e. The van der Waals surface area contributed by atoms with Crippen molar-refractivity contribution in [3.8, 4) is 11.5 Å². The van der Waals surface area contributed by atoms with Gasteiger partial charge in [0.25, 0.3) is 0 Å². The molecule has 0 fully saturated rings. The van der Waals surface area contributed by atoms with Gasteiger partial charge < -0.3 is 0 Å². The number of aromatic nitrogens is 5. The highest BCUT2D eigenvalue weighted by molar-refractivity contribution is 7.71. The van der Waals surface area contributed by atoms with Gasteiger partial charge in [-0.05, 0) is 18.3 Å². The van der Waals surface area contributed by atoms with Gasteiger partial charge in [0.2, 0.25) is 4.77 Å². The monoisotopic (exact) mass is 195 g/mol. The maximum atomic E-state index is 4.98. The van der Waals surface area contributed by atoms with Crippen molar-refractivity contribution in [3.63, 3.8) is 0 Å². The Hall–Kier alpha value is -1.43. The van der Waals surface area contributed by atoms with Crippen molar-refractivity contribution in [2.45, 2.75) is 0 Å². The fourth-order valence-corrected chi connectivity index (χ4v) is 1.26. The zero-order valence-electron chi connectivity index (χ0n) is 7.35. The molecule has 0 bridgehead atoms. The molecule has 2 heterocycles. The predicted molar refractivity (Wildman–Crippen MR) is 50.6 cm³/mol. The first kappa shape index (κ1) is 8.18. The Balaban J connectivity index is 2.59. The summed E-state index contributed by atoms with van der Waals surface area (Å²) in [6.45, 7) is 0. The van der Waals surface area contributed by atoms with Crippen LogP contribution in [0.4, 0.5) is 0 Å². The van der Waals surface area contributed by atoms with Crippen LogP contribution in [-0.2, 0) is 14.1 Å². The molecule has 2 rings (SSSR count). The quantitative estimate of drug-likeness (QED) is 0.687. The molecule has 0 saturated heterocycles. The highest BCUT2D eigenvalue weighted by Gasteiger charge is 2.05. The molecule has 68 valence electrons.